The smallest absolute Gasteiger partial charge is 0.434 e. The van der Waals surface area contributed by atoms with Gasteiger partial charge in [0.1, 0.15) is 19.0 Å². The number of rotatable bonds is 22. The molecule has 3 rings (SSSR count). The van der Waals surface area contributed by atoms with Gasteiger partial charge in [0.25, 0.3) is 0 Å². The summed E-state index contributed by atoms with van der Waals surface area (Å²) in [6.45, 7) is 7.66. The molecule has 0 spiro atoms. The third-order valence-corrected chi connectivity index (χ3v) is 7.33. The number of benzene rings is 2. The average Bonchev–Trinajstić information content (AvgIpc) is 3.50. The first-order valence-electron chi connectivity index (χ1n) is 14.8. The number of hydrogen-bond acceptors (Lipinski definition) is 10. The normalized spacial score (nSPS) is 12.5. The van der Waals surface area contributed by atoms with E-state index in [9.17, 15) is 10.1 Å². The van der Waals surface area contributed by atoms with E-state index in [0.29, 0.717) is 76.1 Å². The van der Waals surface area contributed by atoms with Crippen LogP contribution in [0.3, 0.4) is 0 Å². The lowest BCUT2D eigenvalue weighted by molar-refractivity contribution is -0.396. The summed E-state index contributed by atoms with van der Waals surface area (Å²) in [7, 11) is 4.94. The molecule has 242 valence electrons. The summed E-state index contributed by atoms with van der Waals surface area (Å²) < 4.78 is 40.4. The molecule has 0 amide bonds. The number of nitro groups is 1. The Morgan fingerprint density at radius 2 is 1.23 bits per heavy atom. The molecule has 1 aromatic heterocycles. The standard InChI is InChI=1S/C32H45N3O9/c1-24(20-26-6-8-28(38-3)30(22-26)40-5)25(2)21-27-7-9-29(39-4)31(23-27)44-19-18-43-17-16-42-15-14-41-13-12-34-11-10-33-32(34)35(36)37/h6-11,22-25H,12-21H2,1-5H3/t24-,25+/m0/s1. The number of hydrogen-bond donors (Lipinski definition) is 0. The summed E-state index contributed by atoms with van der Waals surface area (Å²) >= 11 is 0. The Bertz CT molecular complexity index is 1280. The van der Waals surface area contributed by atoms with Crippen LogP contribution in [0.25, 0.3) is 0 Å². The first kappa shape index (κ1) is 34.6. The molecular weight excluding hydrogens is 570 g/mol. The zero-order chi connectivity index (χ0) is 31.7. The molecule has 0 aliphatic carbocycles. The number of imidazole rings is 1. The predicted molar refractivity (Wildman–Crippen MR) is 165 cm³/mol. The maximum Gasteiger partial charge on any atom is 0.434 e. The fraction of sp³-hybridized carbons (Fsp3) is 0.531. The monoisotopic (exact) mass is 615 g/mol. The number of ether oxygens (including phenoxy) is 7. The largest absolute Gasteiger partial charge is 0.493 e. The lowest BCUT2D eigenvalue weighted by Gasteiger charge is -2.21. The van der Waals surface area contributed by atoms with Crippen molar-refractivity contribution in [2.75, 3.05) is 67.6 Å². The number of methoxy groups -OCH3 is 3. The zero-order valence-corrected chi connectivity index (χ0v) is 26.4. The van der Waals surface area contributed by atoms with Gasteiger partial charge in [0.05, 0.1) is 67.5 Å². The highest BCUT2D eigenvalue weighted by molar-refractivity contribution is 5.44. The molecule has 3 aromatic rings. The van der Waals surface area contributed by atoms with Crippen LogP contribution in [-0.4, -0.2) is 82.1 Å². The van der Waals surface area contributed by atoms with Gasteiger partial charge in [-0.2, -0.15) is 0 Å². The van der Waals surface area contributed by atoms with Crippen molar-refractivity contribution < 1.29 is 38.1 Å². The third-order valence-electron chi connectivity index (χ3n) is 7.33. The molecule has 0 fully saturated rings. The Labute approximate surface area is 259 Å². The van der Waals surface area contributed by atoms with Crippen LogP contribution in [-0.2, 0) is 33.6 Å². The molecule has 0 unspecified atom stereocenters. The summed E-state index contributed by atoms with van der Waals surface area (Å²) in [6.07, 6.45) is 4.80. The van der Waals surface area contributed by atoms with Crippen molar-refractivity contribution in [2.45, 2.75) is 33.2 Å². The molecule has 2 atom stereocenters. The minimum Gasteiger partial charge on any atom is -0.493 e. The average molecular weight is 616 g/mol. The van der Waals surface area contributed by atoms with Crippen LogP contribution in [0, 0.1) is 22.0 Å². The lowest BCUT2D eigenvalue weighted by atomic mass is 9.85. The fourth-order valence-electron chi connectivity index (χ4n) is 4.68. The molecule has 2 aromatic carbocycles. The van der Waals surface area contributed by atoms with Gasteiger partial charge in [-0.1, -0.05) is 31.0 Å². The summed E-state index contributed by atoms with van der Waals surface area (Å²) in [5.41, 5.74) is 2.41. The van der Waals surface area contributed by atoms with Gasteiger partial charge in [-0.25, -0.2) is 4.57 Å². The summed E-state index contributed by atoms with van der Waals surface area (Å²) in [4.78, 5) is 14.0. The highest BCUT2D eigenvalue weighted by Crippen LogP contribution is 2.32. The van der Waals surface area contributed by atoms with Crippen molar-refractivity contribution in [2.24, 2.45) is 11.8 Å². The SMILES string of the molecule is COc1ccc(C[C@H](C)[C@H](C)Cc2ccc(OC)c(OCCOCCOCCOCCn3ccnc3[N+](=O)[O-])c2)cc1OC. The van der Waals surface area contributed by atoms with E-state index in [2.05, 4.69) is 31.0 Å². The molecule has 0 bridgehead atoms. The molecule has 44 heavy (non-hydrogen) atoms. The van der Waals surface area contributed by atoms with Gasteiger partial charge in [0.2, 0.25) is 0 Å². The van der Waals surface area contributed by atoms with Crippen LogP contribution in [0.5, 0.6) is 23.0 Å². The van der Waals surface area contributed by atoms with Gasteiger partial charge in [0, 0.05) is 0 Å². The van der Waals surface area contributed by atoms with Crippen LogP contribution < -0.4 is 18.9 Å². The first-order valence-corrected chi connectivity index (χ1v) is 14.8. The van der Waals surface area contributed by atoms with E-state index in [0.717, 1.165) is 24.3 Å². The highest BCUT2D eigenvalue weighted by atomic mass is 16.6. The minimum absolute atomic E-state index is 0.194. The predicted octanol–water partition coefficient (Wildman–Crippen LogP) is 5.00. The second-order valence-electron chi connectivity index (χ2n) is 10.4. The fourth-order valence-corrected chi connectivity index (χ4v) is 4.68. The lowest BCUT2D eigenvalue weighted by Crippen LogP contribution is -2.15. The topological polar surface area (TPSA) is 126 Å². The van der Waals surface area contributed by atoms with Crippen molar-refractivity contribution in [1.82, 2.24) is 9.55 Å². The van der Waals surface area contributed by atoms with Crippen LogP contribution in [0.1, 0.15) is 25.0 Å². The van der Waals surface area contributed by atoms with E-state index in [4.69, 9.17) is 33.2 Å². The zero-order valence-electron chi connectivity index (χ0n) is 26.4. The molecule has 0 aliphatic heterocycles. The van der Waals surface area contributed by atoms with E-state index < -0.39 is 4.92 Å². The van der Waals surface area contributed by atoms with Crippen LogP contribution >= 0.6 is 0 Å². The van der Waals surface area contributed by atoms with Crippen molar-refractivity contribution in [3.8, 4) is 23.0 Å². The molecule has 0 radical (unpaired) electrons. The summed E-state index contributed by atoms with van der Waals surface area (Å²) in [6, 6.07) is 12.2. The van der Waals surface area contributed by atoms with Crippen LogP contribution in [0.2, 0.25) is 0 Å². The Morgan fingerprint density at radius 1 is 0.727 bits per heavy atom. The van der Waals surface area contributed by atoms with E-state index in [1.807, 2.05) is 24.3 Å². The van der Waals surface area contributed by atoms with Crippen LogP contribution in [0.15, 0.2) is 48.8 Å². The molecule has 0 saturated heterocycles. The Hall–Kier alpha value is -3.87. The Morgan fingerprint density at radius 3 is 1.77 bits per heavy atom. The Kier molecular flexibility index (Phi) is 14.7. The van der Waals surface area contributed by atoms with E-state index in [1.165, 1.54) is 21.9 Å². The molecule has 12 heteroatoms. The minimum atomic E-state index is -0.519. The summed E-state index contributed by atoms with van der Waals surface area (Å²) in [5.74, 6) is 3.57. The van der Waals surface area contributed by atoms with Crippen molar-refractivity contribution in [3.63, 3.8) is 0 Å². The number of aromatic nitrogens is 2. The second kappa shape index (κ2) is 18.7. The van der Waals surface area contributed by atoms with Gasteiger partial charge >= 0.3 is 5.95 Å². The molecule has 12 nitrogen and oxygen atoms in total. The second-order valence-corrected chi connectivity index (χ2v) is 10.4. The Balaban J connectivity index is 1.31. The highest BCUT2D eigenvalue weighted by Gasteiger charge is 2.17. The number of nitrogens with zero attached hydrogens (tertiary/aromatic N) is 3. The molecule has 0 saturated carbocycles. The molecular formula is C32H45N3O9. The maximum absolute atomic E-state index is 10.9. The first-order chi connectivity index (χ1) is 21.4. The van der Waals surface area contributed by atoms with Gasteiger partial charge in [-0.05, 0) is 65.0 Å². The van der Waals surface area contributed by atoms with Gasteiger partial charge in [-0.3, -0.25) is 0 Å². The van der Waals surface area contributed by atoms with Crippen LogP contribution in [0.4, 0.5) is 5.95 Å². The van der Waals surface area contributed by atoms with Gasteiger partial charge in [-0.15, -0.1) is 0 Å². The molecule has 0 aliphatic rings. The van der Waals surface area contributed by atoms with Crippen molar-refractivity contribution in [1.29, 1.82) is 0 Å². The van der Waals surface area contributed by atoms with E-state index in [1.54, 1.807) is 27.5 Å². The van der Waals surface area contributed by atoms with Crippen molar-refractivity contribution in [3.05, 3.63) is 70.0 Å². The quantitative estimate of drug-likeness (QED) is 0.0866. The summed E-state index contributed by atoms with van der Waals surface area (Å²) in [5, 5.41) is 10.9. The molecule has 0 N–H and O–H groups in total. The maximum atomic E-state index is 10.9. The van der Waals surface area contributed by atoms with E-state index in [-0.39, 0.29) is 5.95 Å². The molecule has 1 heterocycles. The van der Waals surface area contributed by atoms with E-state index >= 15 is 0 Å². The van der Waals surface area contributed by atoms with Gasteiger partial charge in [0.15, 0.2) is 23.0 Å². The van der Waals surface area contributed by atoms with Crippen molar-refractivity contribution >= 4 is 5.95 Å². The van der Waals surface area contributed by atoms with Gasteiger partial charge < -0.3 is 43.3 Å². The third kappa shape index (κ3) is 11.0.